The van der Waals surface area contributed by atoms with Crippen molar-refractivity contribution in [1.82, 2.24) is 4.90 Å². The zero-order chi connectivity index (χ0) is 8.27. The minimum absolute atomic E-state index is 0.327. The van der Waals surface area contributed by atoms with Gasteiger partial charge in [0.25, 0.3) is 0 Å². The summed E-state index contributed by atoms with van der Waals surface area (Å²) in [5.74, 6) is 0. The van der Waals surface area contributed by atoms with Crippen molar-refractivity contribution < 1.29 is 31.1 Å². The Bertz CT molecular complexity index is 143. The molecular formula is C7H13INO2-. The predicted molar refractivity (Wildman–Crippen MR) is 38.5 cm³/mol. The van der Waals surface area contributed by atoms with E-state index in [1.54, 1.807) is 0 Å². The van der Waals surface area contributed by atoms with Crippen molar-refractivity contribution in [3.63, 3.8) is 0 Å². The van der Waals surface area contributed by atoms with Crippen molar-refractivity contribution in [1.29, 1.82) is 0 Å². The van der Waals surface area contributed by atoms with Crippen LogP contribution in [-0.4, -0.2) is 38.0 Å². The molecule has 0 aromatic carbocycles. The van der Waals surface area contributed by atoms with Gasteiger partial charge in [0.05, 0.1) is 0 Å². The number of halogens is 1. The quantitative estimate of drug-likeness (QED) is 0.436. The average molecular weight is 270 g/mol. The van der Waals surface area contributed by atoms with Gasteiger partial charge in [0.15, 0.2) is 0 Å². The van der Waals surface area contributed by atoms with Gasteiger partial charge < -0.3 is 0 Å². The molecule has 0 aromatic rings. The van der Waals surface area contributed by atoms with Gasteiger partial charge in [0.1, 0.15) is 0 Å². The molecule has 1 aliphatic rings. The van der Waals surface area contributed by atoms with E-state index in [0.717, 1.165) is 29.9 Å². The third kappa shape index (κ3) is 2.50. The fourth-order valence-corrected chi connectivity index (χ4v) is 3.06. The van der Waals surface area contributed by atoms with Crippen LogP contribution in [-0.2, 0) is 0 Å². The molecule has 1 aliphatic heterocycles. The molecule has 0 spiro atoms. The van der Waals surface area contributed by atoms with Crippen LogP contribution in [0, 0.1) is 0 Å². The van der Waals surface area contributed by atoms with Crippen LogP contribution in [0.3, 0.4) is 0 Å². The average Bonchev–Trinajstić information content (AvgIpc) is 2.05. The normalized spacial score (nSPS) is 20.6. The molecule has 0 aliphatic carbocycles. The third-order valence-corrected chi connectivity index (χ3v) is 5.01. The molecule has 0 atom stereocenters. The second-order valence-electron chi connectivity index (χ2n) is 2.66. The minimum atomic E-state index is -0.752. The van der Waals surface area contributed by atoms with Crippen LogP contribution < -0.4 is 21.2 Å². The number of alkyl halides is 2. The zero-order valence-electron chi connectivity index (χ0n) is 6.59. The first-order valence-electron chi connectivity index (χ1n) is 3.70. The van der Waals surface area contributed by atoms with Crippen molar-refractivity contribution in [3.05, 3.63) is 0 Å². The summed E-state index contributed by atoms with van der Waals surface area (Å²) >= 11 is 0.327. The van der Waals surface area contributed by atoms with E-state index < -0.39 is 6.09 Å². The molecule has 1 fully saturated rings. The molecule has 66 valence electrons. The number of amides is 1. The summed E-state index contributed by atoms with van der Waals surface area (Å²) in [4.78, 5) is 14.3. The van der Waals surface area contributed by atoms with Crippen molar-refractivity contribution >= 4 is 6.09 Å². The number of piperidine rings is 1. The third-order valence-electron chi connectivity index (χ3n) is 2.00. The van der Waals surface area contributed by atoms with Gasteiger partial charge in [-0.1, -0.05) is 0 Å². The van der Waals surface area contributed by atoms with Crippen molar-refractivity contribution in [2.45, 2.75) is 16.8 Å². The van der Waals surface area contributed by atoms with Crippen molar-refractivity contribution in [3.8, 4) is 0 Å². The monoisotopic (exact) mass is 270 g/mol. The Hall–Kier alpha value is 0. The molecule has 3 nitrogen and oxygen atoms in total. The van der Waals surface area contributed by atoms with Crippen molar-refractivity contribution in [2.24, 2.45) is 0 Å². The number of hydrogen-bond donors (Lipinski definition) is 1. The van der Waals surface area contributed by atoms with Gasteiger partial charge in [0.2, 0.25) is 0 Å². The van der Waals surface area contributed by atoms with E-state index in [2.05, 4.69) is 4.93 Å². The van der Waals surface area contributed by atoms with E-state index in [4.69, 9.17) is 5.11 Å². The fourth-order valence-electron chi connectivity index (χ4n) is 1.26. The number of carbonyl (C=O) groups is 1. The number of hydrogen-bond acceptors (Lipinski definition) is 1. The van der Waals surface area contributed by atoms with Crippen LogP contribution in [0.1, 0.15) is 12.8 Å². The summed E-state index contributed by atoms with van der Waals surface area (Å²) in [5.41, 5.74) is 0. The van der Waals surface area contributed by atoms with Gasteiger partial charge in [-0.25, -0.2) is 0 Å². The number of rotatable bonds is 1. The SMILES string of the molecule is C[I-]C1CCN(C(=O)O)CC1. The summed E-state index contributed by atoms with van der Waals surface area (Å²) in [5, 5.41) is 8.63. The molecule has 1 saturated heterocycles. The Morgan fingerprint density at radius 3 is 2.45 bits per heavy atom. The Balaban J connectivity index is 2.30. The molecule has 0 saturated carbocycles. The van der Waals surface area contributed by atoms with Crippen LogP contribution in [0.15, 0.2) is 0 Å². The van der Waals surface area contributed by atoms with E-state index in [0.29, 0.717) is 21.2 Å². The molecule has 0 radical (unpaired) electrons. The van der Waals surface area contributed by atoms with Gasteiger partial charge in [0, 0.05) is 0 Å². The first-order chi connectivity index (χ1) is 5.24. The molecule has 1 amide bonds. The number of carboxylic acid groups (broad SMARTS) is 1. The summed E-state index contributed by atoms with van der Waals surface area (Å²) in [7, 11) is 0. The van der Waals surface area contributed by atoms with Crippen molar-refractivity contribution in [2.75, 3.05) is 18.0 Å². The maximum atomic E-state index is 10.5. The summed E-state index contributed by atoms with van der Waals surface area (Å²) in [6.07, 6.45) is 1.43. The first kappa shape index (κ1) is 9.09. The summed E-state index contributed by atoms with van der Waals surface area (Å²) in [6, 6.07) is 0. The van der Waals surface area contributed by atoms with E-state index in [1.165, 1.54) is 4.90 Å². The predicted octanol–water partition coefficient (Wildman–Crippen LogP) is -2.15. The molecule has 1 rings (SSSR count). The Labute approximate surface area is 77.0 Å². The van der Waals surface area contributed by atoms with E-state index in [1.807, 2.05) is 0 Å². The molecule has 0 aromatic heterocycles. The second kappa shape index (κ2) is 4.13. The Morgan fingerprint density at radius 1 is 1.55 bits per heavy atom. The van der Waals surface area contributed by atoms with Crippen LogP contribution >= 0.6 is 0 Å². The van der Waals surface area contributed by atoms with Crippen LogP contribution in [0.25, 0.3) is 0 Å². The van der Waals surface area contributed by atoms with E-state index >= 15 is 0 Å². The molecule has 0 unspecified atom stereocenters. The van der Waals surface area contributed by atoms with Gasteiger partial charge in [-0.05, 0) is 0 Å². The topological polar surface area (TPSA) is 40.5 Å². The number of likely N-dealkylation sites (tertiary alicyclic amines) is 1. The van der Waals surface area contributed by atoms with Gasteiger partial charge in [-0.15, -0.1) is 0 Å². The number of nitrogens with zero attached hydrogens (tertiary/aromatic N) is 1. The molecule has 11 heavy (non-hydrogen) atoms. The van der Waals surface area contributed by atoms with Gasteiger partial charge >= 0.3 is 76.9 Å². The van der Waals surface area contributed by atoms with Crippen LogP contribution in [0.5, 0.6) is 0 Å². The fraction of sp³-hybridized carbons (Fsp3) is 0.857. The Morgan fingerprint density at radius 2 is 2.09 bits per heavy atom. The molecule has 1 heterocycles. The van der Waals surface area contributed by atoms with Crippen LogP contribution in [0.2, 0.25) is 0 Å². The molecular weight excluding hydrogens is 257 g/mol. The molecule has 1 N–H and O–H groups in total. The Kier molecular flexibility index (Phi) is 3.42. The maximum absolute atomic E-state index is 10.5. The standard InChI is InChI=1S/C7H13INO2/c1-8-6-2-4-9(5-3-6)7(10)11/h6H,2-5H2,1H3,(H,10,11)/q-1. The molecule has 4 heteroatoms. The van der Waals surface area contributed by atoms with E-state index in [-0.39, 0.29) is 0 Å². The summed E-state index contributed by atoms with van der Waals surface area (Å²) in [6.45, 7) is 1.52. The van der Waals surface area contributed by atoms with Gasteiger partial charge in [-0.3, -0.25) is 0 Å². The van der Waals surface area contributed by atoms with E-state index in [9.17, 15) is 4.79 Å². The van der Waals surface area contributed by atoms with Gasteiger partial charge in [-0.2, -0.15) is 0 Å². The summed E-state index contributed by atoms with van der Waals surface area (Å²) < 4.78 is 0.865. The second-order valence-corrected chi connectivity index (χ2v) is 5.67. The van der Waals surface area contributed by atoms with Crippen LogP contribution in [0.4, 0.5) is 4.79 Å². The zero-order valence-corrected chi connectivity index (χ0v) is 8.74. The molecule has 0 bridgehead atoms. The first-order valence-corrected chi connectivity index (χ1v) is 7.10.